The normalized spacial score (nSPS) is 11.8. The second kappa shape index (κ2) is 8.62. The maximum Gasteiger partial charge on any atom is 0.191 e. The molecule has 0 fully saturated rings. The molecule has 26 heavy (non-hydrogen) atoms. The number of thiazole rings is 1. The Hall–Kier alpha value is -2.67. The molecule has 1 aromatic carbocycles. The third-order valence-corrected chi connectivity index (χ3v) is 4.78. The standard InChI is InChI=1S/C19H24N6S/c1-14(2)17-13-26-18(24-17)11-22-19(20-3)21-9-15-10-23-25(12-15)16-7-5-4-6-8-16/h4-8,10,12-14H,9,11H2,1-3H3,(H2,20,21,22). The number of aliphatic imine (C=N–C) groups is 1. The van der Waals surface area contributed by atoms with Crippen LogP contribution in [0.3, 0.4) is 0 Å². The Balaban J connectivity index is 1.52. The van der Waals surface area contributed by atoms with E-state index >= 15 is 0 Å². The molecule has 0 aliphatic rings. The Kier molecular flexibility index (Phi) is 6.01. The first-order valence-corrected chi connectivity index (χ1v) is 9.51. The SMILES string of the molecule is CN=C(NCc1cnn(-c2ccccc2)c1)NCc1nc(C(C)C)cs1. The van der Waals surface area contributed by atoms with E-state index in [0.717, 1.165) is 27.9 Å². The zero-order valence-corrected chi connectivity index (χ0v) is 16.1. The lowest BCUT2D eigenvalue weighted by Gasteiger charge is -2.10. The number of benzene rings is 1. The van der Waals surface area contributed by atoms with E-state index in [2.05, 4.69) is 44.9 Å². The van der Waals surface area contributed by atoms with E-state index in [1.807, 2.05) is 47.4 Å². The van der Waals surface area contributed by atoms with Crippen LogP contribution in [0.25, 0.3) is 5.69 Å². The van der Waals surface area contributed by atoms with Gasteiger partial charge in [0.15, 0.2) is 5.96 Å². The van der Waals surface area contributed by atoms with Gasteiger partial charge in [-0.25, -0.2) is 9.67 Å². The number of para-hydroxylation sites is 1. The minimum absolute atomic E-state index is 0.457. The van der Waals surface area contributed by atoms with Gasteiger partial charge >= 0.3 is 0 Å². The highest BCUT2D eigenvalue weighted by molar-refractivity contribution is 7.09. The molecule has 0 bridgehead atoms. The summed E-state index contributed by atoms with van der Waals surface area (Å²) in [6.07, 6.45) is 3.88. The van der Waals surface area contributed by atoms with Crippen LogP contribution in [0.1, 0.15) is 36.0 Å². The van der Waals surface area contributed by atoms with Gasteiger partial charge < -0.3 is 10.6 Å². The average Bonchev–Trinajstić information content (AvgIpc) is 3.32. The molecule has 7 heteroatoms. The Bertz CT molecular complexity index is 850. The summed E-state index contributed by atoms with van der Waals surface area (Å²) in [5, 5.41) is 14.2. The number of guanidine groups is 1. The summed E-state index contributed by atoms with van der Waals surface area (Å²) in [6, 6.07) is 10.1. The van der Waals surface area contributed by atoms with E-state index in [0.29, 0.717) is 19.0 Å². The minimum atomic E-state index is 0.457. The summed E-state index contributed by atoms with van der Waals surface area (Å²) in [7, 11) is 1.77. The van der Waals surface area contributed by atoms with Crippen molar-refractivity contribution in [1.82, 2.24) is 25.4 Å². The van der Waals surface area contributed by atoms with Crippen molar-refractivity contribution in [3.8, 4) is 5.69 Å². The minimum Gasteiger partial charge on any atom is -0.352 e. The zero-order chi connectivity index (χ0) is 18.4. The fraction of sp³-hybridized carbons (Fsp3) is 0.316. The summed E-state index contributed by atoms with van der Waals surface area (Å²) >= 11 is 1.68. The van der Waals surface area contributed by atoms with Crippen molar-refractivity contribution in [3.63, 3.8) is 0 Å². The molecule has 3 aromatic rings. The highest BCUT2D eigenvalue weighted by atomic mass is 32.1. The molecule has 6 nitrogen and oxygen atoms in total. The van der Waals surface area contributed by atoms with Crippen molar-refractivity contribution >= 4 is 17.3 Å². The van der Waals surface area contributed by atoms with Crippen LogP contribution in [0.2, 0.25) is 0 Å². The van der Waals surface area contributed by atoms with Crippen LogP contribution in [-0.2, 0) is 13.1 Å². The Morgan fingerprint density at radius 3 is 2.65 bits per heavy atom. The molecule has 0 amide bonds. The molecule has 0 unspecified atom stereocenters. The molecule has 2 heterocycles. The quantitative estimate of drug-likeness (QED) is 0.517. The summed E-state index contributed by atoms with van der Waals surface area (Å²) in [5.74, 6) is 1.21. The van der Waals surface area contributed by atoms with Gasteiger partial charge in [-0.05, 0) is 18.1 Å². The molecule has 0 aliphatic carbocycles. The maximum absolute atomic E-state index is 4.63. The van der Waals surface area contributed by atoms with Crippen LogP contribution in [0, 0.1) is 0 Å². The molecule has 0 radical (unpaired) electrons. The molecule has 0 saturated carbocycles. The van der Waals surface area contributed by atoms with E-state index in [4.69, 9.17) is 0 Å². The molecular weight excluding hydrogens is 344 g/mol. The Labute approximate surface area is 158 Å². The van der Waals surface area contributed by atoms with Gasteiger partial charge in [0.2, 0.25) is 0 Å². The van der Waals surface area contributed by atoms with Crippen molar-refractivity contribution in [2.45, 2.75) is 32.9 Å². The maximum atomic E-state index is 4.63. The van der Waals surface area contributed by atoms with Crippen molar-refractivity contribution in [3.05, 3.63) is 64.4 Å². The molecule has 2 aromatic heterocycles. The van der Waals surface area contributed by atoms with Gasteiger partial charge in [0, 0.05) is 30.7 Å². The Morgan fingerprint density at radius 1 is 1.19 bits per heavy atom. The summed E-state index contributed by atoms with van der Waals surface area (Å²) in [6.45, 7) is 5.63. The number of hydrogen-bond donors (Lipinski definition) is 2. The lowest BCUT2D eigenvalue weighted by atomic mass is 10.2. The predicted octanol–water partition coefficient (Wildman–Crippen LogP) is 3.32. The molecule has 2 N–H and O–H groups in total. The highest BCUT2D eigenvalue weighted by Crippen LogP contribution is 2.17. The number of aromatic nitrogens is 3. The fourth-order valence-corrected chi connectivity index (χ4v) is 3.31. The van der Waals surface area contributed by atoms with Crippen molar-refractivity contribution in [1.29, 1.82) is 0 Å². The number of nitrogens with one attached hydrogen (secondary N) is 2. The highest BCUT2D eigenvalue weighted by Gasteiger charge is 2.07. The summed E-state index contributed by atoms with van der Waals surface area (Å²) < 4.78 is 1.87. The number of rotatable bonds is 6. The zero-order valence-electron chi connectivity index (χ0n) is 15.3. The van der Waals surface area contributed by atoms with Crippen molar-refractivity contribution in [2.75, 3.05) is 7.05 Å². The molecule has 0 aliphatic heterocycles. The van der Waals surface area contributed by atoms with E-state index in [1.54, 1.807) is 18.4 Å². The van der Waals surface area contributed by atoms with Crippen LogP contribution in [-0.4, -0.2) is 27.8 Å². The van der Waals surface area contributed by atoms with E-state index < -0.39 is 0 Å². The van der Waals surface area contributed by atoms with Crippen molar-refractivity contribution in [2.24, 2.45) is 4.99 Å². The smallest absolute Gasteiger partial charge is 0.191 e. The first-order valence-electron chi connectivity index (χ1n) is 8.63. The van der Waals surface area contributed by atoms with E-state index in [1.165, 1.54) is 0 Å². The van der Waals surface area contributed by atoms with Gasteiger partial charge in [-0.3, -0.25) is 4.99 Å². The third-order valence-electron chi connectivity index (χ3n) is 3.91. The largest absolute Gasteiger partial charge is 0.352 e. The number of hydrogen-bond acceptors (Lipinski definition) is 4. The third kappa shape index (κ3) is 4.70. The van der Waals surface area contributed by atoms with Crippen LogP contribution in [0.5, 0.6) is 0 Å². The Morgan fingerprint density at radius 2 is 1.96 bits per heavy atom. The topological polar surface area (TPSA) is 67.1 Å². The monoisotopic (exact) mass is 368 g/mol. The van der Waals surface area contributed by atoms with Crippen LogP contribution >= 0.6 is 11.3 Å². The second-order valence-electron chi connectivity index (χ2n) is 6.23. The molecule has 3 rings (SSSR count). The lowest BCUT2D eigenvalue weighted by molar-refractivity contribution is 0.785. The van der Waals surface area contributed by atoms with Gasteiger partial charge in [-0.1, -0.05) is 32.0 Å². The fourth-order valence-electron chi connectivity index (χ4n) is 2.41. The molecular formula is C19H24N6S. The van der Waals surface area contributed by atoms with Gasteiger partial charge in [-0.2, -0.15) is 5.10 Å². The van der Waals surface area contributed by atoms with Crippen LogP contribution in [0.4, 0.5) is 0 Å². The van der Waals surface area contributed by atoms with Crippen molar-refractivity contribution < 1.29 is 0 Å². The first-order chi connectivity index (χ1) is 12.7. The van der Waals surface area contributed by atoms with E-state index in [-0.39, 0.29) is 0 Å². The molecule has 0 atom stereocenters. The van der Waals surface area contributed by atoms with Gasteiger partial charge in [0.1, 0.15) is 5.01 Å². The van der Waals surface area contributed by atoms with Gasteiger partial charge in [0.05, 0.1) is 24.1 Å². The summed E-state index contributed by atoms with van der Waals surface area (Å²) in [4.78, 5) is 8.90. The predicted molar refractivity (Wildman–Crippen MR) is 107 cm³/mol. The van der Waals surface area contributed by atoms with E-state index in [9.17, 15) is 0 Å². The van der Waals surface area contributed by atoms with Gasteiger partial charge in [0.25, 0.3) is 0 Å². The van der Waals surface area contributed by atoms with Gasteiger partial charge in [-0.15, -0.1) is 11.3 Å². The first kappa shape index (κ1) is 18.1. The average molecular weight is 369 g/mol. The summed E-state index contributed by atoms with van der Waals surface area (Å²) in [5.41, 5.74) is 3.28. The second-order valence-corrected chi connectivity index (χ2v) is 7.17. The van der Waals surface area contributed by atoms with Crippen LogP contribution < -0.4 is 10.6 Å². The van der Waals surface area contributed by atoms with Crippen LogP contribution in [0.15, 0.2) is 53.1 Å². The molecule has 136 valence electrons. The lowest BCUT2D eigenvalue weighted by Crippen LogP contribution is -2.36. The molecule has 0 saturated heterocycles. The molecule has 0 spiro atoms. The number of nitrogens with zero attached hydrogens (tertiary/aromatic N) is 4.